The van der Waals surface area contributed by atoms with Gasteiger partial charge in [-0.05, 0) is 24.3 Å². The van der Waals surface area contributed by atoms with Gasteiger partial charge in [-0.25, -0.2) is 0 Å². The predicted molar refractivity (Wildman–Crippen MR) is 84.1 cm³/mol. The standard InChI is InChI=1S/C14H10Cl2N2O4/c1-22-13-11(15)6-8(7-12(13)16)14(19)17-9-2-4-10(5-3-9)18(20)21/h2-7H,1H3,(H,17,19). The van der Waals surface area contributed by atoms with Gasteiger partial charge in [0.15, 0.2) is 5.75 Å². The van der Waals surface area contributed by atoms with Crippen molar-refractivity contribution in [2.75, 3.05) is 12.4 Å². The lowest BCUT2D eigenvalue weighted by Gasteiger charge is -2.09. The van der Waals surface area contributed by atoms with E-state index in [9.17, 15) is 14.9 Å². The topological polar surface area (TPSA) is 81.5 Å². The number of rotatable bonds is 4. The van der Waals surface area contributed by atoms with Crippen molar-refractivity contribution in [1.82, 2.24) is 0 Å². The number of ether oxygens (including phenoxy) is 1. The molecule has 6 nitrogen and oxygen atoms in total. The van der Waals surface area contributed by atoms with Crippen LogP contribution in [0.5, 0.6) is 5.75 Å². The van der Waals surface area contributed by atoms with E-state index in [1.54, 1.807) is 0 Å². The van der Waals surface area contributed by atoms with Crippen LogP contribution in [0, 0.1) is 10.1 Å². The molecular formula is C14H10Cl2N2O4. The van der Waals surface area contributed by atoms with E-state index in [0.29, 0.717) is 5.69 Å². The van der Waals surface area contributed by atoms with E-state index < -0.39 is 10.8 Å². The number of hydrogen-bond acceptors (Lipinski definition) is 4. The van der Waals surface area contributed by atoms with Crippen LogP contribution in [0.3, 0.4) is 0 Å². The Balaban J connectivity index is 2.20. The van der Waals surface area contributed by atoms with Crippen molar-refractivity contribution in [1.29, 1.82) is 0 Å². The van der Waals surface area contributed by atoms with Gasteiger partial charge in [-0.1, -0.05) is 23.2 Å². The van der Waals surface area contributed by atoms with Crippen LogP contribution in [0.4, 0.5) is 11.4 Å². The van der Waals surface area contributed by atoms with Gasteiger partial charge in [0.05, 0.1) is 22.1 Å². The molecule has 1 N–H and O–H groups in total. The maximum absolute atomic E-state index is 12.1. The molecule has 8 heteroatoms. The molecule has 0 aromatic heterocycles. The fourth-order valence-electron chi connectivity index (χ4n) is 1.76. The summed E-state index contributed by atoms with van der Waals surface area (Å²) in [4.78, 5) is 22.2. The van der Waals surface area contributed by atoms with Crippen LogP contribution in [-0.2, 0) is 0 Å². The summed E-state index contributed by atoms with van der Waals surface area (Å²) in [6, 6.07) is 8.30. The van der Waals surface area contributed by atoms with E-state index in [0.717, 1.165) is 0 Å². The number of hydrogen-bond donors (Lipinski definition) is 1. The van der Waals surface area contributed by atoms with Crippen LogP contribution < -0.4 is 10.1 Å². The summed E-state index contributed by atoms with van der Waals surface area (Å²) in [5.74, 6) is -0.157. The van der Waals surface area contributed by atoms with Crippen LogP contribution in [0.25, 0.3) is 0 Å². The number of amides is 1. The third-order valence-corrected chi connectivity index (χ3v) is 3.36. The molecular weight excluding hydrogens is 331 g/mol. The van der Waals surface area contributed by atoms with Crippen LogP contribution in [0.2, 0.25) is 10.0 Å². The highest BCUT2D eigenvalue weighted by Crippen LogP contribution is 2.34. The molecule has 0 radical (unpaired) electrons. The summed E-state index contributed by atoms with van der Waals surface area (Å²) in [5.41, 5.74) is 0.598. The molecule has 0 atom stereocenters. The number of non-ortho nitro benzene ring substituents is 1. The Bertz CT molecular complexity index is 709. The van der Waals surface area contributed by atoms with Crippen molar-refractivity contribution < 1.29 is 14.5 Å². The first kappa shape index (κ1) is 16.1. The minimum Gasteiger partial charge on any atom is -0.494 e. The largest absolute Gasteiger partial charge is 0.494 e. The van der Waals surface area contributed by atoms with Gasteiger partial charge in [0.25, 0.3) is 11.6 Å². The Kier molecular flexibility index (Phi) is 4.85. The first-order valence-electron chi connectivity index (χ1n) is 6.01. The van der Waals surface area contributed by atoms with Gasteiger partial charge in [-0.2, -0.15) is 0 Å². The normalized spacial score (nSPS) is 10.1. The number of nitro benzene ring substituents is 1. The molecule has 0 saturated carbocycles. The van der Waals surface area contributed by atoms with Crippen molar-refractivity contribution in [3.05, 3.63) is 62.1 Å². The summed E-state index contributed by atoms with van der Waals surface area (Å²) < 4.78 is 5.00. The SMILES string of the molecule is COc1c(Cl)cc(C(=O)Nc2ccc([N+](=O)[O-])cc2)cc1Cl. The van der Waals surface area contributed by atoms with E-state index in [4.69, 9.17) is 27.9 Å². The number of methoxy groups -OCH3 is 1. The number of anilines is 1. The molecule has 0 fully saturated rings. The summed E-state index contributed by atoms with van der Waals surface area (Å²) in [6.45, 7) is 0. The quantitative estimate of drug-likeness (QED) is 0.669. The van der Waals surface area contributed by atoms with Crippen molar-refractivity contribution >= 4 is 40.5 Å². The average molecular weight is 341 g/mol. The Hall–Kier alpha value is -2.31. The highest BCUT2D eigenvalue weighted by Gasteiger charge is 2.14. The molecule has 0 aliphatic carbocycles. The second-order valence-corrected chi connectivity index (χ2v) is 5.05. The summed E-state index contributed by atoms with van der Waals surface area (Å²) in [7, 11) is 1.42. The summed E-state index contributed by atoms with van der Waals surface area (Å²) >= 11 is 11.9. The number of nitrogens with one attached hydrogen (secondary N) is 1. The molecule has 0 spiro atoms. The molecule has 0 saturated heterocycles. The third kappa shape index (κ3) is 3.47. The van der Waals surface area contributed by atoms with Crippen molar-refractivity contribution in [2.24, 2.45) is 0 Å². The number of carbonyl (C=O) groups is 1. The van der Waals surface area contributed by atoms with Gasteiger partial charge < -0.3 is 10.1 Å². The van der Waals surface area contributed by atoms with Gasteiger partial charge in [0, 0.05) is 23.4 Å². The predicted octanol–water partition coefficient (Wildman–Crippen LogP) is 4.16. The first-order chi connectivity index (χ1) is 10.4. The Morgan fingerprint density at radius 3 is 2.18 bits per heavy atom. The highest BCUT2D eigenvalue weighted by molar-refractivity contribution is 6.37. The van der Waals surface area contributed by atoms with Crippen LogP contribution in [-0.4, -0.2) is 17.9 Å². The fourth-order valence-corrected chi connectivity index (χ4v) is 2.40. The lowest BCUT2D eigenvalue weighted by atomic mass is 10.2. The number of halogens is 2. The minimum absolute atomic E-state index is 0.0615. The molecule has 0 unspecified atom stereocenters. The molecule has 2 aromatic carbocycles. The van der Waals surface area contributed by atoms with Gasteiger partial charge in [-0.3, -0.25) is 14.9 Å². The summed E-state index contributed by atoms with van der Waals surface area (Å²) in [5, 5.41) is 13.6. The van der Waals surface area contributed by atoms with Crippen LogP contribution in [0.1, 0.15) is 10.4 Å². The van der Waals surface area contributed by atoms with Crippen molar-refractivity contribution in [3.8, 4) is 5.75 Å². The lowest BCUT2D eigenvalue weighted by Crippen LogP contribution is -2.12. The van der Waals surface area contributed by atoms with Gasteiger partial charge in [0.1, 0.15) is 0 Å². The maximum atomic E-state index is 12.1. The number of nitrogens with zero attached hydrogens (tertiary/aromatic N) is 1. The van der Waals surface area contributed by atoms with E-state index in [1.807, 2.05) is 0 Å². The number of nitro groups is 1. The Morgan fingerprint density at radius 2 is 1.73 bits per heavy atom. The van der Waals surface area contributed by atoms with Gasteiger partial charge in [-0.15, -0.1) is 0 Å². The molecule has 114 valence electrons. The van der Waals surface area contributed by atoms with Crippen molar-refractivity contribution in [3.63, 3.8) is 0 Å². The molecule has 0 aliphatic heterocycles. The van der Waals surface area contributed by atoms with E-state index in [-0.39, 0.29) is 27.0 Å². The first-order valence-corrected chi connectivity index (χ1v) is 6.77. The Morgan fingerprint density at radius 1 is 1.18 bits per heavy atom. The second-order valence-electron chi connectivity index (χ2n) is 4.23. The molecule has 1 amide bonds. The lowest BCUT2D eigenvalue weighted by molar-refractivity contribution is -0.384. The second kappa shape index (κ2) is 6.64. The monoisotopic (exact) mass is 340 g/mol. The fraction of sp³-hybridized carbons (Fsp3) is 0.0714. The zero-order valence-corrected chi connectivity index (χ0v) is 12.8. The zero-order valence-electron chi connectivity index (χ0n) is 11.3. The number of carbonyl (C=O) groups excluding carboxylic acids is 1. The Labute approximate surface area is 135 Å². The smallest absolute Gasteiger partial charge is 0.269 e. The van der Waals surface area contributed by atoms with E-state index >= 15 is 0 Å². The van der Waals surface area contributed by atoms with Crippen molar-refractivity contribution in [2.45, 2.75) is 0 Å². The van der Waals surface area contributed by atoms with E-state index in [2.05, 4.69) is 5.32 Å². The highest BCUT2D eigenvalue weighted by atomic mass is 35.5. The molecule has 0 aliphatic rings. The molecule has 0 bridgehead atoms. The average Bonchev–Trinajstić information content (AvgIpc) is 2.47. The molecule has 2 aromatic rings. The van der Waals surface area contributed by atoms with Gasteiger partial charge in [0.2, 0.25) is 0 Å². The maximum Gasteiger partial charge on any atom is 0.269 e. The number of benzene rings is 2. The molecule has 0 heterocycles. The molecule has 22 heavy (non-hydrogen) atoms. The van der Waals surface area contributed by atoms with Gasteiger partial charge >= 0.3 is 0 Å². The van der Waals surface area contributed by atoms with Crippen LogP contribution >= 0.6 is 23.2 Å². The van der Waals surface area contributed by atoms with E-state index in [1.165, 1.54) is 43.5 Å². The minimum atomic E-state index is -0.519. The summed E-state index contributed by atoms with van der Waals surface area (Å²) in [6.07, 6.45) is 0. The third-order valence-electron chi connectivity index (χ3n) is 2.80. The molecule has 2 rings (SSSR count). The van der Waals surface area contributed by atoms with Crippen LogP contribution in [0.15, 0.2) is 36.4 Å². The zero-order chi connectivity index (χ0) is 16.3.